The number of hydrogen-bond acceptors (Lipinski definition) is 7. The van der Waals surface area contributed by atoms with E-state index in [1.54, 1.807) is 13.8 Å². The van der Waals surface area contributed by atoms with Gasteiger partial charge in [0.05, 0.1) is 12.3 Å². The Morgan fingerprint density at radius 2 is 1.83 bits per heavy atom. The number of carboxylic acid groups (broad SMARTS) is 1. The number of carboxylic acids is 1. The molecule has 0 spiro atoms. The third-order valence-electron chi connectivity index (χ3n) is 10.8. The zero-order valence-electron chi connectivity index (χ0n) is 24.6. The normalized spacial score (nSPS) is 36.6. The molecule has 2 amide bonds. The van der Waals surface area contributed by atoms with E-state index in [0.717, 1.165) is 50.7 Å². The van der Waals surface area contributed by atoms with Gasteiger partial charge in [-0.15, -0.1) is 6.42 Å². The van der Waals surface area contributed by atoms with Gasteiger partial charge in [-0.25, -0.2) is 4.79 Å². The van der Waals surface area contributed by atoms with Crippen LogP contribution in [0.2, 0.25) is 0 Å². The van der Waals surface area contributed by atoms with E-state index in [4.69, 9.17) is 21.5 Å². The molecule has 41 heavy (non-hydrogen) atoms. The lowest BCUT2D eigenvalue weighted by Gasteiger charge is -2.58. The first-order chi connectivity index (χ1) is 19.3. The van der Waals surface area contributed by atoms with Crippen molar-refractivity contribution in [2.75, 3.05) is 13.2 Å². The first-order valence-electron chi connectivity index (χ1n) is 14.8. The highest BCUT2D eigenvalue weighted by Crippen LogP contribution is 2.67. The Hall–Kier alpha value is -2.90. The second-order valence-electron chi connectivity index (χ2n) is 13.2. The highest BCUT2D eigenvalue weighted by atomic mass is 16.6. The summed E-state index contributed by atoms with van der Waals surface area (Å²) >= 11 is 0. The standard InChI is InChI=1S/C31H45N3O7/c1-6-31(40)14-11-23-21-8-7-19-15-20(9-12-29(19,4)22(21)10-13-30(23,31)5)34-41-17-25(36)33-26(18(2)3)27(37)32-24(16-35)28(38)39/h1,15,18,21-24,26,35,40H,7-14,16-17H2,2-5H3,(H,32,37)(H,33,36)(H,38,39)/t21-,22+,23-,24+,26+,29+,30+,31-/m1/s1. The highest BCUT2D eigenvalue weighted by molar-refractivity contribution is 5.96. The summed E-state index contributed by atoms with van der Waals surface area (Å²) in [4.78, 5) is 41.5. The first kappa shape index (κ1) is 31.0. The van der Waals surface area contributed by atoms with Gasteiger partial charge in [-0.1, -0.05) is 44.3 Å². The van der Waals surface area contributed by atoms with Crippen LogP contribution in [0.1, 0.15) is 79.1 Å². The molecule has 0 aliphatic heterocycles. The van der Waals surface area contributed by atoms with Crippen molar-refractivity contribution in [1.29, 1.82) is 0 Å². The van der Waals surface area contributed by atoms with E-state index in [2.05, 4.69) is 41.6 Å². The number of nitrogens with one attached hydrogen (secondary N) is 2. The van der Waals surface area contributed by atoms with Gasteiger partial charge >= 0.3 is 5.97 Å². The fourth-order valence-corrected chi connectivity index (χ4v) is 8.27. The average Bonchev–Trinajstić information content (AvgIpc) is 3.20. The van der Waals surface area contributed by atoms with Crippen molar-refractivity contribution in [2.24, 2.45) is 39.7 Å². The van der Waals surface area contributed by atoms with Crippen molar-refractivity contribution in [3.63, 3.8) is 0 Å². The van der Waals surface area contributed by atoms with Crippen LogP contribution in [0, 0.1) is 46.8 Å². The minimum atomic E-state index is -1.45. The van der Waals surface area contributed by atoms with Gasteiger partial charge in [0.1, 0.15) is 17.7 Å². The summed E-state index contributed by atoms with van der Waals surface area (Å²) in [6.07, 6.45) is 15.3. The van der Waals surface area contributed by atoms with Crippen molar-refractivity contribution < 1.29 is 34.5 Å². The molecule has 10 nitrogen and oxygen atoms in total. The second-order valence-corrected chi connectivity index (χ2v) is 13.2. The number of terminal acetylenes is 1. The topological polar surface area (TPSA) is 158 Å². The predicted molar refractivity (Wildman–Crippen MR) is 152 cm³/mol. The SMILES string of the molecule is C#C[C@@]1(O)CC[C@@H]2[C@@H]3CCC4=CC(=NOCC(=O)N[C@H](C(=O)N[C@@H](CO)C(=O)O)C(C)C)CC[C@]4(C)[C@H]3CC[C@@]21C. The molecule has 0 aromatic heterocycles. The molecule has 4 aliphatic rings. The minimum Gasteiger partial charge on any atom is -0.480 e. The molecule has 0 radical (unpaired) electrons. The molecule has 0 heterocycles. The highest BCUT2D eigenvalue weighted by Gasteiger charge is 2.63. The molecule has 0 unspecified atom stereocenters. The number of carbonyl (C=O) groups excluding carboxylic acids is 2. The van der Waals surface area contributed by atoms with Crippen molar-refractivity contribution in [3.05, 3.63) is 11.6 Å². The molecule has 0 aromatic rings. The molecule has 0 aromatic carbocycles. The van der Waals surface area contributed by atoms with E-state index < -0.39 is 42.1 Å². The number of aliphatic carboxylic acids is 1. The number of fused-ring (bicyclic) bond motifs is 5. The Morgan fingerprint density at radius 1 is 1.12 bits per heavy atom. The molecule has 10 heteroatoms. The fraction of sp³-hybridized carbons (Fsp3) is 0.742. The van der Waals surface area contributed by atoms with E-state index >= 15 is 0 Å². The fourth-order valence-electron chi connectivity index (χ4n) is 8.27. The van der Waals surface area contributed by atoms with E-state index in [9.17, 15) is 19.5 Å². The number of nitrogens with zero attached hydrogens (tertiary/aromatic N) is 1. The van der Waals surface area contributed by atoms with E-state index in [1.807, 2.05) is 0 Å². The maximum atomic E-state index is 12.5. The zero-order valence-corrected chi connectivity index (χ0v) is 24.6. The van der Waals surface area contributed by atoms with E-state index in [0.29, 0.717) is 24.2 Å². The van der Waals surface area contributed by atoms with Gasteiger partial charge in [0.15, 0.2) is 6.61 Å². The van der Waals surface area contributed by atoms with Gasteiger partial charge in [-0.2, -0.15) is 0 Å². The van der Waals surface area contributed by atoms with Gasteiger partial charge in [-0.3, -0.25) is 9.59 Å². The van der Waals surface area contributed by atoms with Crippen molar-refractivity contribution in [3.8, 4) is 12.3 Å². The van der Waals surface area contributed by atoms with Crippen LogP contribution in [0.4, 0.5) is 0 Å². The Kier molecular flexibility index (Phi) is 8.91. The summed E-state index contributed by atoms with van der Waals surface area (Å²) < 4.78 is 0. The largest absolute Gasteiger partial charge is 0.480 e. The van der Waals surface area contributed by atoms with Crippen LogP contribution in [-0.2, 0) is 19.2 Å². The van der Waals surface area contributed by atoms with Crippen molar-refractivity contribution >= 4 is 23.5 Å². The number of oxime groups is 1. The lowest BCUT2D eigenvalue weighted by Crippen LogP contribution is -2.55. The summed E-state index contributed by atoms with van der Waals surface area (Å²) in [5.74, 6) is 1.33. The molecular formula is C31H45N3O7. The lowest BCUT2D eigenvalue weighted by molar-refractivity contribution is -0.143. The van der Waals surface area contributed by atoms with Crippen molar-refractivity contribution in [2.45, 2.75) is 96.7 Å². The number of rotatable bonds is 9. The lowest BCUT2D eigenvalue weighted by atomic mass is 9.46. The molecule has 3 saturated carbocycles. The maximum absolute atomic E-state index is 12.5. The van der Waals surface area contributed by atoms with E-state index in [1.165, 1.54) is 5.57 Å². The molecule has 5 N–H and O–H groups in total. The number of carbonyl (C=O) groups is 3. The van der Waals surface area contributed by atoms with E-state index in [-0.39, 0.29) is 23.4 Å². The molecule has 4 rings (SSSR count). The predicted octanol–water partition coefficient (Wildman–Crippen LogP) is 2.39. The van der Waals surface area contributed by atoms with Gasteiger partial charge in [0.2, 0.25) is 5.91 Å². The second kappa shape index (κ2) is 11.8. The molecule has 0 saturated heterocycles. The minimum absolute atomic E-state index is 0.0672. The number of aliphatic hydroxyl groups is 2. The first-order valence-corrected chi connectivity index (χ1v) is 14.8. The molecule has 4 aliphatic carbocycles. The van der Waals surface area contributed by atoms with Crippen LogP contribution in [0.5, 0.6) is 0 Å². The number of hydrogen-bond donors (Lipinski definition) is 5. The third-order valence-corrected chi connectivity index (χ3v) is 10.8. The zero-order chi connectivity index (χ0) is 30.2. The Bertz CT molecular complexity index is 1160. The monoisotopic (exact) mass is 571 g/mol. The van der Waals surface area contributed by atoms with Crippen LogP contribution in [0.25, 0.3) is 0 Å². The summed E-state index contributed by atoms with van der Waals surface area (Å²) in [5.41, 5.74) is 1.01. The summed E-state index contributed by atoms with van der Waals surface area (Å²) in [6, 6.07) is -2.44. The van der Waals surface area contributed by atoms with Crippen molar-refractivity contribution in [1.82, 2.24) is 10.6 Å². The van der Waals surface area contributed by atoms with Crippen LogP contribution in [0.15, 0.2) is 16.8 Å². The van der Waals surface area contributed by atoms with Gasteiger partial charge in [-0.05, 0) is 86.5 Å². The van der Waals surface area contributed by atoms with Gasteiger partial charge in [0.25, 0.3) is 5.91 Å². The van der Waals surface area contributed by atoms with Crippen LogP contribution < -0.4 is 10.6 Å². The molecule has 226 valence electrons. The van der Waals surface area contributed by atoms with Crippen LogP contribution in [0.3, 0.4) is 0 Å². The molecule has 3 fully saturated rings. The summed E-state index contributed by atoms with van der Waals surface area (Å²) in [6.45, 7) is 6.86. The molecule has 8 atom stereocenters. The van der Waals surface area contributed by atoms with Gasteiger partial charge < -0.3 is 30.8 Å². The Labute approximate surface area is 242 Å². The van der Waals surface area contributed by atoms with Crippen LogP contribution >= 0.6 is 0 Å². The number of allylic oxidation sites excluding steroid dienone is 2. The number of aliphatic hydroxyl groups excluding tert-OH is 1. The van der Waals surface area contributed by atoms with Gasteiger partial charge in [0, 0.05) is 5.41 Å². The third kappa shape index (κ3) is 5.63. The smallest absolute Gasteiger partial charge is 0.328 e. The number of amides is 2. The maximum Gasteiger partial charge on any atom is 0.328 e. The van der Waals surface area contributed by atoms with Crippen LogP contribution in [-0.4, -0.2) is 69.7 Å². The Morgan fingerprint density at radius 3 is 2.46 bits per heavy atom. The average molecular weight is 572 g/mol. The molecule has 0 bridgehead atoms. The summed E-state index contributed by atoms with van der Waals surface area (Å²) in [5, 5.41) is 38.5. The quantitative estimate of drug-likeness (QED) is 0.210. The molecular weight excluding hydrogens is 526 g/mol. The Balaban J connectivity index is 1.36. The summed E-state index contributed by atoms with van der Waals surface area (Å²) in [7, 11) is 0.